The number of hydrogen-bond acceptors (Lipinski definition) is 2. The molecule has 1 amide bonds. The van der Waals surface area contributed by atoms with Gasteiger partial charge < -0.3 is 11.1 Å². The standard InChI is InChI=1S/C13H18N2O/c14-13(16)9-10-5-7-12(8-6-10)15-11-3-1-2-4-11/h5-8,11,15H,1-4,9H2,(H2,14,16). The lowest BCUT2D eigenvalue weighted by Crippen LogP contribution is -2.15. The third-order valence-corrected chi connectivity index (χ3v) is 3.06. The van der Waals surface area contributed by atoms with E-state index in [1.807, 2.05) is 24.3 Å². The third-order valence-electron chi connectivity index (χ3n) is 3.06. The molecule has 0 saturated heterocycles. The molecule has 86 valence electrons. The summed E-state index contributed by atoms with van der Waals surface area (Å²) in [4.78, 5) is 10.7. The molecular formula is C13H18N2O. The van der Waals surface area contributed by atoms with Gasteiger partial charge in [-0.05, 0) is 30.5 Å². The van der Waals surface area contributed by atoms with Crippen LogP contribution in [0.1, 0.15) is 31.2 Å². The second-order valence-electron chi connectivity index (χ2n) is 4.47. The molecule has 1 aromatic rings. The van der Waals surface area contributed by atoms with Gasteiger partial charge in [0.25, 0.3) is 0 Å². The van der Waals surface area contributed by atoms with Gasteiger partial charge >= 0.3 is 0 Å². The Morgan fingerprint density at radius 3 is 2.44 bits per heavy atom. The average Bonchev–Trinajstić information content (AvgIpc) is 2.73. The number of nitrogens with one attached hydrogen (secondary N) is 1. The fourth-order valence-corrected chi connectivity index (χ4v) is 2.23. The summed E-state index contributed by atoms with van der Waals surface area (Å²) in [5.41, 5.74) is 7.26. The van der Waals surface area contributed by atoms with E-state index in [2.05, 4.69) is 5.32 Å². The Morgan fingerprint density at radius 2 is 1.88 bits per heavy atom. The van der Waals surface area contributed by atoms with Crippen LogP contribution in [0.2, 0.25) is 0 Å². The lowest BCUT2D eigenvalue weighted by Gasteiger charge is -2.13. The quantitative estimate of drug-likeness (QED) is 0.812. The van der Waals surface area contributed by atoms with Crippen molar-refractivity contribution in [2.24, 2.45) is 5.73 Å². The number of amides is 1. The van der Waals surface area contributed by atoms with Crippen LogP contribution >= 0.6 is 0 Å². The summed E-state index contributed by atoms with van der Waals surface area (Å²) in [6.45, 7) is 0. The zero-order valence-corrected chi connectivity index (χ0v) is 9.41. The molecule has 0 aliphatic heterocycles. The van der Waals surface area contributed by atoms with E-state index in [4.69, 9.17) is 5.73 Å². The van der Waals surface area contributed by atoms with Crippen LogP contribution in [-0.4, -0.2) is 11.9 Å². The van der Waals surface area contributed by atoms with Crippen molar-refractivity contribution in [3.63, 3.8) is 0 Å². The number of anilines is 1. The molecule has 1 aliphatic rings. The van der Waals surface area contributed by atoms with Crippen LogP contribution in [-0.2, 0) is 11.2 Å². The smallest absolute Gasteiger partial charge is 0.221 e. The van der Waals surface area contributed by atoms with Gasteiger partial charge in [-0.3, -0.25) is 4.79 Å². The number of carbonyl (C=O) groups excluding carboxylic acids is 1. The highest BCUT2D eigenvalue weighted by atomic mass is 16.1. The van der Waals surface area contributed by atoms with Gasteiger partial charge in [-0.15, -0.1) is 0 Å². The topological polar surface area (TPSA) is 55.1 Å². The monoisotopic (exact) mass is 218 g/mol. The summed E-state index contributed by atoms with van der Waals surface area (Å²) in [6, 6.07) is 8.60. The van der Waals surface area contributed by atoms with Crippen LogP contribution in [0.4, 0.5) is 5.69 Å². The molecule has 1 fully saturated rings. The second-order valence-corrected chi connectivity index (χ2v) is 4.47. The molecule has 0 unspecified atom stereocenters. The zero-order chi connectivity index (χ0) is 11.4. The molecule has 0 bridgehead atoms. The Labute approximate surface area is 96.0 Å². The molecule has 16 heavy (non-hydrogen) atoms. The molecule has 3 N–H and O–H groups in total. The Hall–Kier alpha value is -1.51. The largest absolute Gasteiger partial charge is 0.382 e. The Kier molecular flexibility index (Phi) is 3.44. The molecule has 0 atom stereocenters. The number of primary amides is 1. The summed E-state index contributed by atoms with van der Waals surface area (Å²) >= 11 is 0. The van der Waals surface area contributed by atoms with Gasteiger partial charge in [-0.2, -0.15) is 0 Å². The van der Waals surface area contributed by atoms with Crippen LogP contribution < -0.4 is 11.1 Å². The van der Waals surface area contributed by atoms with Crippen molar-refractivity contribution >= 4 is 11.6 Å². The molecule has 1 saturated carbocycles. The second kappa shape index (κ2) is 5.01. The average molecular weight is 218 g/mol. The molecule has 3 heteroatoms. The van der Waals surface area contributed by atoms with Gasteiger partial charge in [0, 0.05) is 11.7 Å². The SMILES string of the molecule is NC(=O)Cc1ccc(NC2CCCC2)cc1. The van der Waals surface area contributed by atoms with Crippen LogP contribution in [0.15, 0.2) is 24.3 Å². The number of hydrogen-bond donors (Lipinski definition) is 2. The minimum Gasteiger partial charge on any atom is -0.382 e. The number of nitrogens with two attached hydrogens (primary N) is 1. The Balaban J connectivity index is 1.93. The van der Waals surface area contributed by atoms with E-state index in [0.29, 0.717) is 12.5 Å². The first kappa shape index (κ1) is 11.0. The molecule has 2 rings (SSSR count). The maximum atomic E-state index is 10.7. The van der Waals surface area contributed by atoms with Crippen LogP contribution in [0.5, 0.6) is 0 Å². The van der Waals surface area contributed by atoms with Crippen molar-refractivity contribution in [2.45, 2.75) is 38.1 Å². The molecule has 1 aromatic carbocycles. The molecule has 0 heterocycles. The van der Waals surface area contributed by atoms with Crippen molar-refractivity contribution in [1.29, 1.82) is 0 Å². The first-order chi connectivity index (χ1) is 7.74. The predicted octanol–water partition coefficient (Wildman–Crippen LogP) is 2.07. The normalized spacial score (nSPS) is 16.2. The highest BCUT2D eigenvalue weighted by Crippen LogP contribution is 2.22. The fourth-order valence-electron chi connectivity index (χ4n) is 2.23. The van der Waals surface area contributed by atoms with Gasteiger partial charge in [0.15, 0.2) is 0 Å². The molecular weight excluding hydrogens is 200 g/mol. The maximum absolute atomic E-state index is 10.7. The zero-order valence-electron chi connectivity index (χ0n) is 9.41. The summed E-state index contributed by atoms with van der Waals surface area (Å²) in [7, 11) is 0. The first-order valence-corrected chi connectivity index (χ1v) is 5.88. The van der Waals surface area contributed by atoms with E-state index in [1.165, 1.54) is 25.7 Å². The van der Waals surface area contributed by atoms with E-state index in [1.54, 1.807) is 0 Å². The van der Waals surface area contributed by atoms with E-state index in [-0.39, 0.29) is 5.91 Å². The maximum Gasteiger partial charge on any atom is 0.221 e. The van der Waals surface area contributed by atoms with Crippen LogP contribution in [0.3, 0.4) is 0 Å². The van der Waals surface area contributed by atoms with E-state index >= 15 is 0 Å². The minimum atomic E-state index is -0.281. The summed E-state index contributed by atoms with van der Waals surface area (Å²) < 4.78 is 0. The van der Waals surface area contributed by atoms with Gasteiger partial charge in [-0.1, -0.05) is 25.0 Å². The molecule has 3 nitrogen and oxygen atoms in total. The van der Waals surface area contributed by atoms with Crippen molar-refractivity contribution < 1.29 is 4.79 Å². The van der Waals surface area contributed by atoms with E-state index < -0.39 is 0 Å². The minimum absolute atomic E-state index is 0.281. The van der Waals surface area contributed by atoms with Gasteiger partial charge in [0.1, 0.15) is 0 Å². The first-order valence-electron chi connectivity index (χ1n) is 5.88. The summed E-state index contributed by atoms with van der Waals surface area (Å²) in [5.74, 6) is -0.281. The van der Waals surface area contributed by atoms with E-state index in [0.717, 1.165) is 11.3 Å². The molecule has 0 spiro atoms. The van der Waals surface area contributed by atoms with Crippen molar-refractivity contribution in [2.75, 3.05) is 5.32 Å². The van der Waals surface area contributed by atoms with Gasteiger partial charge in [-0.25, -0.2) is 0 Å². The predicted molar refractivity (Wildman–Crippen MR) is 65.2 cm³/mol. The van der Waals surface area contributed by atoms with Crippen molar-refractivity contribution in [3.05, 3.63) is 29.8 Å². The highest BCUT2D eigenvalue weighted by molar-refractivity contribution is 5.76. The van der Waals surface area contributed by atoms with Crippen LogP contribution in [0, 0.1) is 0 Å². The fraction of sp³-hybridized carbons (Fsp3) is 0.462. The van der Waals surface area contributed by atoms with E-state index in [9.17, 15) is 4.79 Å². The number of rotatable bonds is 4. The van der Waals surface area contributed by atoms with Gasteiger partial charge in [0.2, 0.25) is 5.91 Å². The van der Waals surface area contributed by atoms with Gasteiger partial charge in [0.05, 0.1) is 6.42 Å². The summed E-state index contributed by atoms with van der Waals surface area (Å²) in [5, 5.41) is 3.51. The molecule has 0 aromatic heterocycles. The third kappa shape index (κ3) is 2.99. The Morgan fingerprint density at radius 1 is 1.25 bits per heavy atom. The molecule has 0 radical (unpaired) electrons. The summed E-state index contributed by atoms with van der Waals surface area (Å²) in [6.07, 6.45) is 5.52. The highest BCUT2D eigenvalue weighted by Gasteiger charge is 2.14. The molecule has 1 aliphatic carbocycles. The number of benzene rings is 1. The Bertz CT molecular complexity index is 353. The lowest BCUT2D eigenvalue weighted by atomic mass is 10.1. The van der Waals surface area contributed by atoms with Crippen molar-refractivity contribution in [3.8, 4) is 0 Å². The van der Waals surface area contributed by atoms with Crippen LogP contribution in [0.25, 0.3) is 0 Å². The van der Waals surface area contributed by atoms with Crippen molar-refractivity contribution in [1.82, 2.24) is 0 Å². The number of carbonyl (C=O) groups is 1. The lowest BCUT2D eigenvalue weighted by molar-refractivity contribution is -0.117.